The molecule has 1 amide bonds. The maximum absolute atomic E-state index is 11.9. The number of nitrogens with one attached hydrogen (secondary N) is 1. The Balaban J connectivity index is 1.64. The zero-order chi connectivity index (χ0) is 19.2. The van der Waals surface area contributed by atoms with Crippen LogP contribution < -0.4 is 5.32 Å². The Kier molecular flexibility index (Phi) is 4.30. The van der Waals surface area contributed by atoms with Gasteiger partial charge in [0, 0.05) is 23.5 Å². The third-order valence-electron chi connectivity index (χ3n) is 4.34. The van der Waals surface area contributed by atoms with Gasteiger partial charge in [0.05, 0.1) is 5.39 Å². The fourth-order valence-electron chi connectivity index (χ4n) is 3.05. The number of aromatic nitrogens is 3. The highest BCUT2D eigenvalue weighted by atomic mass is 35.5. The monoisotopic (exact) mass is 384 g/mol. The van der Waals surface area contributed by atoms with Gasteiger partial charge in [-0.15, -0.1) is 0 Å². The van der Waals surface area contributed by atoms with Gasteiger partial charge in [-0.1, -0.05) is 23.7 Å². The lowest BCUT2D eigenvalue weighted by molar-refractivity contribution is 0.0636. The molecule has 3 aromatic rings. The Bertz CT molecular complexity index is 1000. The van der Waals surface area contributed by atoms with Crippen molar-refractivity contribution in [3.05, 3.63) is 41.9 Å². The number of hydrogen-bond donors (Lipinski definition) is 1. The summed E-state index contributed by atoms with van der Waals surface area (Å²) >= 11 is 6.37. The van der Waals surface area contributed by atoms with Crippen molar-refractivity contribution < 1.29 is 9.53 Å². The van der Waals surface area contributed by atoms with E-state index in [9.17, 15) is 4.79 Å². The molecule has 2 aromatic heterocycles. The average molecular weight is 385 g/mol. The van der Waals surface area contributed by atoms with Gasteiger partial charge in [-0.3, -0.25) is 5.32 Å². The number of carbonyl (C=O) groups is 1. The lowest BCUT2D eigenvalue weighted by Crippen LogP contribution is -2.27. The molecule has 27 heavy (non-hydrogen) atoms. The van der Waals surface area contributed by atoms with E-state index in [1.165, 1.54) is 6.33 Å². The molecule has 0 atom stereocenters. The summed E-state index contributed by atoms with van der Waals surface area (Å²) in [5, 5.41) is 4.05. The zero-order valence-corrected chi connectivity index (χ0v) is 16.2. The maximum Gasteiger partial charge on any atom is 0.412 e. The van der Waals surface area contributed by atoms with Crippen molar-refractivity contribution >= 4 is 34.4 Å². The second kappa shape index (κ2) is 6.53. The fourth-order valence-corrected chi connectivity index (χ4v) is 3.28. The number of halogens is 1. The summed E-state index contributed by atoms with van der Waals surface area (Å²) in [6, 6.07) is 8.07. The first kappa shape index (κ1) is 17.8. The predicted molar refractivity (Wildman–Crippen MR) is 106 cm³/mol. The normalized spacial score (nSPS) is 14.4. The lowest BCUT2D eigenvalue weighted by atomic mass is 10.1. The molecule has 4 rings (SSSR count). The number of benzene rings is 1. The second-order valence-corrected chi connectivity index (χ2v) is 8.11. The molecule has 0 radical (unpaired) electrons. The van der Waals surface area contributed by atoms with Gasteiger partial charge in [-0.2, -0.15) is 0 Å². The van der Waals surface area contributed by atoms with Crippen molar-refractivity contribution in [1.29, 1.82) is 0 Å². The quantitative estimate of drug-likeness (QED) is 0.611. The van der Waals surface area contributed by atoms with E-state index < -0.39 is 11.7 Å². The molecule has 2 heterocycles. The van der Waals surface area contributed by atoms with E-state index in [1.807, 2.05) is 45.0 Å². The minimum absolute atomic E-state index is 0.449. The molecule has 0 aliphatic heterocycles. The molecule has 1 aliphatic carbocycles. The summed E-state index contributed by atoms with van der Waals surface area (Å²) in [4.78, 5) is 20.5. The predicted octanol–water partition coefficient (Wildman–Crippen LogP) is 5.43. The molecule has 0 bridgehead atoms. The van der Waals surface area contributed by atoms with Crippen LogP contribution in [0.15, 0.2) is 36.8 Å². The second-order valence-electron chi connectivity index (χ2n) is 7.75. The molecule has 1 N–H and O–H groups in total. The third-order valence-corrected chi connectivity index (χ3v) is 4.63. The van der Waals surface area contributed by atoms with Crippen LogP contribution in [0.5, 0.6) is 0 Å². The summed E-state index contributed by atoms with van der Waals surface area (Å²) in [5.41, 5.74) is 2.98. The standard InChI is InChI=1S/C20H21ClN4O2/c1-20(2,3)27-19(26)24-13-6-4-12(5-7-13)15-10-25(14-8-9-14)18-16(15)17(21)22-11-23-18/h4-7,10-11,14H,8-9H2,1-3H3,(H,24,26). The van der Waals surface area contributed by atoms with Crippen LogP contribution >= 0.6 is 11.6 Å². The number of amides is 1. The van der Waals surface area contributed by atoms with Gasteiger partial charge in [-0.25, -0.2) is 14.8 Å². The van der Waals surface area contributed by atoms with E-state index in [0.717, 1.165) is 35.0 Å². The first-order valence-electron chi connectivity index (χ1n) is 8.93. The Morgan fingerprint density at radius 3 is 2.56 bits per heavy atom. The van der Waals surface area contributed by atoms with Crippen LogP contribution in [0.4, 0.5) is 10.5 Å². The van der Waals surface area contributed by atoms with Gasteiger partial charge in [0.1, 0.15) is 22.7 Å². The topological polar surface area (TPSA) is 69.0 Å². The average Bonchev–Trinajstić information content (AvgIpc) is 3.35. The number of ether oxygens (including phenoxy) is 1. The number of nitrogens with zero attached hydrogens (tertiary/aromatic N) is 3. The number of hydrogen-bond acceptors (Lipinski definition) is 4. The van der Waals surface area contributed by atoms with Crippen molar-refractivity contribution in [2.75, 3.05) is 5.32 Å². The van der Waals surface area contributed by atoms with Crippen LogP contribution in [-0.4, -0.2) is 26.2 Å². The summed E-state index contributed by atoms with van der Waals surface area (Å²) in [6.45, 7) is 5.49. The highest BCUT2D eigenvalue weighted by Crippen LogP contribution is 2.42. The molecular formula is C20H21ClN4O2. The largest absolute Gasteiger partial charge is 0.444 e. The molecule has 6 nitrogen and oxygen atoms in total. The van der Waals surface area contributed by atoms with Gasteiger partial charge in [-0.05, 0) is 51.3 Å². The van der Waals surface area contributed by atoms with Crippen molar-refractivity contribution in [1.82, 2.24) is 14.5 Å². The van der Waals surface area contributed by atoms with Crippen molar-refractivity contribution in [3.63, 3.8) is 0 Å². The molecule has 0 unspecified atom stereocenters. The molecular weight excluding hydrogens is 364 g/mol. The van der Waals surface area contributed by atoms with Crippen molar-refractivity contribution in [2.45, 2.75) is 45.3 Å². The highest BCUT2D eigenvalue weighted by molar-refractivity contribution is 6.35. The number of anilines is 1. The fraction of sp³-hybridized carbons (Fsp3) is 0.350. The van der Waals surface area contributed by atoms with Crippen LogP contribution in [0.3, 0.4) is 0 Å². The summed E-state index contributed by atoms with van der Waals surface area (Å²) in [6.07, 6.45) is 5.44. The third kappa shape index (κ3) is 3.76. The Hall–Kier alpha value is -2.60. The first-order chi connectivity index (χ1) is 12.8. The van der Waals surface area contributed by atoms with E-state index in [-0.39, 0.29) is 0 Å². The molecule has 140 valence electrons. The minimum Gasteiger partial charge on any atom is -0.444 e. The van der Waals surface area contributed by atoms with Gasteiger partial charge in [0.15, 0.2) is 0 Å². The zero-order valence-electron chi connectivity index (χ0n) is 15.5. The van der Waals surface area contributed by atoms with E-state index in [1.54, 1.807) is 0 Å². The molecule has 0 saturated heterocycles. The smallest absolute Gasteiger partial charge is 0.412 e. The molecule has 1 aromatic carbocycles. The maximum atomic E-state index is 11.9. The summed E-state index contributed by atoms with van der Waals surface area (Å²) in [5.74, 6) is 0. The molecule has 7 heteroatoms. The SMILES string of the molecule is CC(C)(C)OC(=O)Nc1ccc(-c2cn(C3CC3)c3ncnc(Cl)c23)cc1. The van der Waals surface area contributed by atoms with Gasteiger partial charge in [0.2, 0.25) is 0 Å². The van der Waals surface area contributed by atoms with E-state index in [4.69, 9.17) is 16.3 Å². The molecule has 0 spiro atoms. The van der Waals surface area contributed by atoms with Gasteiger partial charge >= 0.3 is 6.09 Å². The van der Waals surface area contributed by atoms with E-state index >= 15 is 0 Å². The molecule has 1 saturated carbocycles. The number of carbonyl (C=O) groups excluding carboxylic acids is 1. The Morgan fingerprint density at radius 1 is 1.22 bits per heavy atom. The van der Waals surface area contributed by atoms with Crippen LogP contribution in [0.1, 0.15) is 39.7 Å². The first-order valence-corrected chi connectivity index (χ1v) is 9.31. The van der Waals surface area contributed by atoms with Gasteiger partial charge in [0.25, 0.3) is 0 Å². The van der Waals surface area contributed by atoms with Crippen LogP contribution in [-0.2, 0) is 4.74 Å². The summed E-state index contributed by atoms with van der Waals surface area (Å²) < 4.78 is 7.46. The Labute approximate surface area is 162 Å². The molecule has 1 fully saturated rings. The number of rotatable bonds is 3. The van der Waals surface area contributed by atoms with Crippen LogP contribution in [0, 0.1) is 0 Å². The molecule has 1 aliphatic rings. The minimum atomic E-state index is -0.536. The Morgan fingerprint density at radius 2 is 1.93 bits per heavy atom. The van der Waals surface area contributed by atoms with Crippen LogP contribution in [0.25, 0.3) is 22.2 Å². The summed E-state index contributed by atoms with van der Waals surface area (Å²) in [7, 11) is 0. The number of fused-ring (bicyclic) bond motifs is 1. The van der Waals surface area contributed by atoms with E-state index in [2.05, 4.69) is 26.0 Å². The van der Waals surface area contributed by atoms with E-state index in [0.29, 0.717) is 16.9 Å². The van der Waals surface area contributed by atoms with Crippen molar-refractivity contribution in [3.8, 4) is 11.1 Å². The lowest BCUT2D eigenvalue weighted by Gasteiger charge is -2.19. The van der Waals surface area contributed by atoms with Crippen LogP contribution in [0.2, 0.25) is 5.15 Å². The van der Waals surface area contributed by atoms with Crippen molar-refractivity contribution in [2.24, 2.45) is 0 Å². The van der Waals surface area contributed by atoms with Gasteiger partial charge < -0.3 is 9.30 Å². The highest BCUT2D eigenvalue weighted by Gasteiger charge is 2.27.